The number of hydrogen-bond donors (Lipinski definition) is 1. The number of nitrogens with zero attached hydrogens (tertiary/aromatic N) is 2. The number of methoxy groups -OCH3 is 1. The van der Waals surface area contributed by atoms with E-state index in [1.807, 2.05) is 75.4 Å². The van der Waals surface area contributed by atoms with Crippen LogP contribution in [0.15, 0.2) is 108 Å². The molecule has 0 radical (unpaired) electrons. The molecule has 0 aliphatic rings. The zero-order valence-electron chi connectivity index (χ0n) is 27.0. The van der Waals surface area contributed by atoms with Crippen LogP contribution in [0.2, 0.25) is 0 Å². The quantitative estimate of drug-likeness (QED) is 0.159. The van der Waals surface area contributed by atoms with Gasteiger partial charge < -0.3 is 15.0 Å². The molecule has 0 saturated heterocycles. The lowest BCUT2D eigenvalue weighted by molar-refractivity contribution is -0.140. The van der Waals surface area contributed by atoms with Crippen LogP contribution in [0.25, 0.3) is 0 Å². The average Bonchev–Trinajstić information content (AvgIpc) is 3.07. The van der Waals surface area contributed by atoms with Gasteiger partial charge in [0.15, 0.2) is 0 Å². The van der Waals surface area contributed by atoms with Crippen molar-refractivity contribution >= 4 is 27.5 Å². The van der Waals surface area contributed by atoms with Crippen LogP contribution in [-0.2, 0) is 32.6 Å². The van der Waals surface area contributed by atoms with E-state index in [2.05, 4.69) is 5.32 Å². The first kappa shape index (κ1) is 34.2. The van der Waals surface area contributed by atoms with Gasteiger partial charge in [-0.15, -0.1) is 0 Å². The second kappa shape index (κ2) is 16.1. The molecule has 8 nitrogen and oxygen atoms in total. The van der Waals surface area contributed by atoms with E-state index in [4.69, 9.17) is 4.74 Å². The topological polar surface area (TPSA) is 96.0 Å². The Balaban J connectivity index is 1.79. The van der Waals surface area contributed by atoms with Gasteiger partial charge in [0.05, 0.1) is 17.7 Å². The zero-order chi connectivity index (χ0) is 33.1. The molecule has 4 rings (SSSR count). The molecular weight excluding hydrogens is 598 g/mol. The number of ether oxygens (including phenoxy) is 1. The molecule has 0 spiro atoms. The maximum absolute atomic E-state index is 14.6. The summed E-state index contributed by atoms with van der Waals surface area (Å²) in [5.74, 6) is -0.259. The molecule has 46 heavy (non-hydrogen) atoms. The molecule has 0 unspecified atom stereocenters. The Morgan fingerprint density at radius 3 is 2.13 bits per heavy atom. The van der Waals surface area contributed by atoms with E-state index in [0.717, 1.165) is 39.4 Å². The normalized spacial score (nSPS) is 11.8. The Labute approximate surface area is 273 Å². The van der Waals surface area contributed by atoms with Crippen molar-refractivity contribution in [3.63, 3.8) is 0 Å². The van der Waals surface area contributed by atoms with Crippen LogP contribution in [0.1, 0.15) is 42.0 Å². The van der Waals surface area contributed by atoms with Crippen molar-refractivity contribution in [3.05, 3.63) is 125 Å². The number of carbonyl (C=O) groups is 2. The minimum atomic E-state index is -4.19. The van der Waals surface area contributed by atoms with Gasteiger partial charge in [0, 0.05) is 19.5 Å². The lowest BCUT2D eigenvalue weighted by atomic mass is 10.0. The smallest absolute Gasteiger partial charge is 0.264 e. The highest BCUT2D eigenvalue weighted by molar-refractivity contribution is 7.92. The number of nitrogens with one attached hydrogen (secondary N) is 1. The van der Waals surface area contributed by atoms with Crippen LogP contribution in [0.4, 0.5) is 5.69 Å². The number of aryl methyl sites for hydroxylation is 2. The first-order chi connectivity index (χ1) is 22.1. The molecule has 0 aliphatic carbocycles. The summed E-state index contributed by atoms with van der Waals surface area (Å²) in [6, 6.07) is 29.4. The zero-order valence-corrected chi connectivity index (χ0v) is 27.8. The Morgan fingerprint density at radius 2 is 1.50 bits per heavy atom. The van der Waals surface area contributed by atoms with Gasteiger partial charge in [0.25, 0.3) is 10.0 Å². The Hall–Kier alpha value is -4.63. The van der Waals surface area contributed by atoms with Gasteiger partial charge in [-0.3, -0.25) is 13.9 Å². The third-order valence-corrected chi connectivity index (χ3v) is 9.74. The van der Waals surface area contributed by atoms with Crippen LogP contribution >= 0.6 is 0 Å². The number of benzene rings is 4. The van der Waals surface area contributed by atoms with Crippen LogP contribution < -0.4 is 14.4 Å². The first-order valence-corrected chi connectivity index (χ1v) is 17.0. The maximum atomic E-state index is 14.6. The van der Waals surface area contributed by atoms with Crippen LogP contribution in [0.5, 0.6) is 5.75 Å². The van der Waals surface area contributed by atoms with Gasteiger partial charge in [0.2, 0.25) is 11.8 Å². The first-order valence-electron chi connectivity index (χ1n) is 15.5. The predicted octanol–water partition coefficient (Wildman–Crippen LogP) is 6.06. The van der Waals surface area contributed by atoms with E-state index in [-0.39, 0.29) is 23.8 Å². The molecule has 0 heterocycles. The Bertz CT molecular complexity index is 1690. The largest absolute Gasteiger partial charge is 0.497 e. The van der Waals surface area contributed by atoms with Crippen molar-refractivity contribution in [2.45, 2.75) is 57.5 Å². The molecule has 242 valence electrons. The molecule has 0 saturated carbocycles. The SMILES string of the molecule is CCCCNC(=O)[C@H](Cc1ccccc1)N(Cc1ccccc1C)C(=O)CN(c1ccc(C)cc1)S(=O)(=O)c1ccc(OC)cc1. The van der Waals surface area contributed by atoms with Crippen LogP contribution in [0.3, 0.4) is 0 Å². The number of anilines is 1. The highest BCUT2D eigenvalue weighted by Crippen LogP contribution is 2.27. The van der Waals surface area contributed by atoms with Gasteiger partial charge in [-0.2, -0.15) is 0 Å². The maximum Gasteiger partial charge on any atom is 0.264 e. The van der Waals surface area contributed by atoms with Gasteiger partial charge in [-0.05, 0) is 73.4 Å². The van der Waals surface area contributed by atoms with Gasteiger partial charge >= 0.3 is 0 Å². The molecule has 4 aromatic rings. The second-order valence-electron chi connectivity index (χ2n) is 11.3. The summed E-state index contributed by atoms with van der Waals surface area (Å²) in [4.78, 5) is 30.0. The average molecular weight is 642 g/mol. The third-order valence-electron chi connectivity index (χ3n) is 7.95. The molecule has 1 atom stereocenters. The van der Waals surface area contributed by atoms with Crippen molar-refractivity contribution in [2.75, 3.05) is 24.5 Å². The van der Waals surface area contributed by atoms with Crippen molar-refractivity contribution in [3.8, 4) is 5.75 Å². The van der Waals surface area contributed by atoms with E-state index in [9.17, 15) is 18.0 Å². The second-order valence-corrected chi connectivity index (χ2v) is 13.2. The summed E-state index contributed by atoms with van der Waals surface area (Å²) in [6.45, 7) is 6.02. The van der Waals surface area contributed by atoms with Gasteiger partial charge in [-0.1, -0.05) is 85.6 Å². The fraction of sp³-hybridized carbons (Fsp3) is 0.297. The fourth-order valence-electron chi connectivity index (χ4n) is 5.15. The van der Waals surface area contributed by atoms with E-state index in [1.165, 1.54) is 24.1 Å². The molecule has 4 aromatic carbocycles. The van der Waals surface area contributed by atoms with Crippen molar-refractivity contribution in [1.82, 2.24) is 10.2 Å². The van der Waals surface area contributed by atoms with E-state index in [1.54, 1.807) is 36.4 Å². The van der Waals surface area contributed by atoms with E-state index >= 15 is 0 Å². The van der Waals surface area contributed by atoms with Gasteiger partial charge in [0.1, 0.15) is 18.3 Å². The molecule has 2 amide bonds. The summed E-state index contributed by atoms with van der Waals surface area (Å²) in [6.07, 6.45) is 1.98. The van der Waals surface area contributed by atoms with E-state index < -0.39 is 28.5 Å². The Kier molecular flexibility index (Phi) is 12.0. The number of rotatable bonds is 15. The third kappa shape index (κ3) is 8.75. The minimum Gasteiger partial charge on any atom is -0.497 e. The molecule has 9 heteroatoms. The number of unbranched alkanes of at least 4 members (excludes halogenated alkanes) is 1. The fourth-order valence-corrected chi connectivity index (χ4v) is 6.56. The summed E-state index contributed by atoms with van der Waals surface area (Å²) in [5, 5.41) is 3.02. The highest BCUT2D eigenvalue weighted by atomic mass is 32.2. The van der Waals surface area contributed by atoms with Crippen molar-refractivity contribution in [1.29, 1.82) is 0 Å². The summed E-state index contributed by atoms with van der Waals surface area (Å²) < 4.78 is 34.7. The van der Waals surface area contributed by atoms with Gasteiger partial charge in [-0.25, -0.2) is 8.42 Å². The van der Waals surface area contributed by atoms with Crippen molar-refractivity contribution < 1.29 is 22.7 Å². The lowest BCUT2D eigenvalue weighted by Gasteiger charge is -2.34. The summed E-state index contributed by atoms with van der Waals surface area (Å²) in [5.41, 5.74) is 4.02. The monoisotopic (exact) mass is 641 g/mol. The molecule has 0 bridgehead atoms. The molecule has 0 aromatic heterocycles. The number of hydrogen-bond acceptors (Lipinski definition) is 5. The lowest BCUT2D eigenvalue weighted by Crippen LogP contribution is -2.53. The summed E-state index contributed by atoms with van der Waals surface area (Å²) in [7, 11) is -2.69. The number of carbonyl (C=O) groups excluding carboxylic acids is 2. The molecular formula is C37H43N3O5S. The highest BCUT2D eigenvalue weighted by Gasteiger charge is 2.34. The molecule has 1 N–H and O–H groups in total. The van der Waals surface area contributed by atoms with E-state index in [0.29, 0.717) is 18.0 Å². The van der Waals surface area contributed by atoms with Crippen LogP contribution in [-0.4, -0.2) is 51.4 Å². The van der Waals surface area contributed by atoms with Crippen molar-refractivity contribution in [2.24, 2.45) is 0 Å². The van der Waals surface area contributed by atoms with Crippen LogP contribution in [0, 0.1) is 13.8 Å². The molecule has 0 aliphatic heterocycles. The standard InChI is InChI=1S/C37H43N3O5S/c1-5-6-24-38-37(42)35(25-30-13-8-7-9-14-30)39(26-31-15-11-10-12-29(31)3)36(41)27-40(32-18-16-28(2)17-19-32)46(43,44)34-22-20-33(45-4)21-23-34/h7-23,35H,5-6,24-27H2,1-4H3,(H,38,42)/t35-/m0/s1. The Morgan fingerprint density at radius 1 is 0.848 bits per heavy atom. The predicted molar refractivity (Wildman–Crippen MR) is 182 cm³/mol. The number of amides is 2. The number of sulfonamides is 1. The molecule has 0 fully saturated rings. The summed E-state index contributed by atoms with van der Waals surface area (Å²) >= 11 is 0. The minimum absolute atomic E-state index is 0.0188.